The molecule has 32 heteroatoms. The second-order valence-electron chi connectivity index (χ2n) is 22.2. The fourth-order valence-electron chi connectivity index (χ4n) is 11.1. The molecule has 1 aromatic carbocycles. The lowest BCUT2D eigenvalue weighted by molar-refractivity contribution is -0.367. The minimum Gasteiger partial charge on any atom is -0.494 e. The van der Waals surface area contributed by atoms with Gasteiger partial charge >= 0.3 is 0 Å². The van der Waals surface area contributed by atoms with Gasteiger partial charge in [0.05, 0.1) is 39.6 Å². The first kappa shape index (κ1) is 72.3. The number of unbranched alkanes of at least 4 members (excludes halogenated alkanes) is 5. The number of hydrogen-bond acceptors (Lipinski definition) is 27. The highest BCUT2D eigenvalue weighted by Gasteiger charge is 2.58. The summed E-state index contributed by atoms with van der Waals surface area (Å²) >= 11 is 0. The highest BCUT2D eigenvalue weighted by molar-refractivity contribution is 5.94. The number of carbonyl (C=O) groups is 5. The molecule has 0 radical (unpaired) electrons. The van der Waals surface area contributed by atoms with Crippen LogP contribution in [0, 0.1) is 0 Å². The standard InChI is InChI=1S/C56H89N5O27/c1-6-7-8-9-10-11-12-13-14-18-79-30-17-15-16-29(19-30)51(77)61-37-42(72)41(71)31(20-62)81-53(37)86-48-33(22-64)83-55(39(44(48)74)59-27(4)69)88-50-35(24-66)84-56(40(46(50)76)60-28(5)70)87-49-34(23-65)82-54(38(45(49)75)58-26(3)68)85-47-32(21-63)80-52(78)36(43(47)73)57-25(2)67/h11-12,15-17,19,31-50,52-56,62-66,71-76,78H,6-10,13-14,18,20-24H2,1-5H3,(H,57,67)(H,58,68)(H,59,69)(H,60,70)(H,61,77)/b12-11-/t31?,32?,33-,34-,35?,36-,37-,38?,39?,40-,41+,42-,43-,44?,45?,46-,47?,48-,49-,50?,52?,53?,54?,55?,56+/m1/s1. The Morgan fingerprint density at radius 3 is 1.24 bits per heavy atom. The molecule has 0 aliphatic carbocycles. The van der Waals surface area contributed by atoms with Crippen LogP contribution in [0.4, 0.5) is 0 Å². The van der Waals surface area contributed by atoms with E-state index in [9.17, 15) is 85.3 Å². The van der Waals surface area contributed by atoms with Crippen LogP contribution in [0.2, 0.25) is 0 Å². The lowest BCUT2D eigenvalue weighted by Crippen LogP contribution is -2.72. The summed E-state index contributed by atoms with van der Waals surface area (Å²) in [5.74, 6) is -3.54. The molecule has 5 aliphatic rings. The molecule has 0 saturated carbocycles. The van der Waals surface area contributed by atoms with Crippen molar-refractivity contribution in [3.63, 3.8) is 0 Å². The van der Waals surface area contributed by atoms with E-state index in [1.54, 1.807) is 12.1 Å². The zero-order chi connectivity index (χ0) is 64.5. The van der Waals surface area contributed by atoms with Crippen LogP contribution in [0.5, 0.6) is 5.75 Å². The molecule has 88 heavy (non-hydrogen) atoms. The van der Waals surface area contributed by atoms with Gasteiger partial charge < -0.3 is 135 Å². The van der Waals surface area contributed by atoms with Gasteiger partial charge in [0.15, 0.2) is 31.5 Å². The Hall–Kier alpha value is -4.73. The molecule has 5 saturated heterocycles. The molecule has 5 heterocycles. The van der Waals surface area contributed by atoms with Crippen molar-refractivity contribution >= 4 is 29.5 Å². The van der Waals surface area contributed by atoms with Gasteiger partial charge in [0.25, 0.3) is 5.91 Å². The molecule has 5 fully saturated rings. The molecule has 5 amide bonds. The fraction of sp³-hybridized carbons (Fsp3) is 0.768. The highest BCUT2D eigenvalue weighted by atomic mass is 16.8. The summed E-state index contributed by atoms with van der Waals surface area (Å²) in [6.45, 7) is 2.01. The Kier molecular flexibility index (Phi) is 28.5. The Bertz CT molecular complexity index is 2400. The summed E-state index contributed by atoms with van der Waals surface area (Å²) in [6.07, 6.45) is -24.4. The summed E-state index contributed by atoms with van der Waals surface area (Å²) in [6, 6.07) is -2.18. The zero-order valence-corrected chi connectivity index (χ0v) is 49.6. The number of allylic oxidation sites excluding steroid dienone is 2. The van der Waals surface area contributed by atoms with Crippen molar-refractivity contribution in [3.05, 3.63) is 42.0 Å². The van der Waals surface area contributed by atoms with Crippen LogP contribution in [-0.2, 0) is 61.8 Å². The molecule has 500 valence electrons. The minimum absolute atomic E-state index is 0.0576. The Morgan fingerprint density at radius 2 is 0.830 bits per heavy atom. The normalized spacial score (nSPS) is 37.8. The lowest BCUT2D eigenvalue weighted by Gasteiger charge is -2.51. The van der Waals surface area contributed by atoms with Crippen LogP contribution < -0.4 is 31.3 Å². The van der Waals surface area contributed by atoms with Crippen molar-refractivity contribution in [2.24, 2.45) is 0 Å². The van der Waals surface area contributed by atoms with Gasteiger partial charge in [-0.1, -0.05) is 44.4 Å². The first-order chi connectivity index (χ1) is 42.0. The summed E-state index contributed by atoms with van der Waals surface area (Å²) in [5, 5.41) is 145. The van der Waals surface area contributed by atoms with Gasteiger partial charge in [-0.15, -0.1) is 0 Å². The highest BCUT2D eigenvalue weighted by Crippen LogP contribution is 2.36. The molecule has 1 aromatic rings. The van der Waals surface area contributed by atoms with Crippen molar-refractivity contribution in [3.8, 4) is 5.75 Å². The van der Waals surface area contributed by atoms with Gasteiger partial charge in [-0.3, -0.25) is 24.0 Å². The van der Waals surface area contributed by atoms with E-state index in [1.807, 2.05) is 0 Å². The number of amides is 5. The largest absolute Gasteiger partial charge is 0.494 e. The number of nitrogens with one attached hydrogen (secondary N) is 5. The number of hydrogen-bond donors (Lipinski definition) is 17. The molecule has 0 aromatic heterocycles. The van der Waals surface area contributed by atoms with Crippen molar-refractivity contribution in [2.75, 3.05) is 39.6 Å². The quantitative estimate of drug-likeness (QED) is 0.0262. The zero-order valence-electron chi connectivity index (χ0n) is 49.6. The summed E-state index contributed by atoms with van der Waals surface area (Å²) < 4.78 is 59.8. The summed E-state index contributed by atoms with van der Waals surface area (Å²) in [5.41, 5.74) is 0.0576. The average molecular weight is 1260 g/mol. The first-order valence-electron chi connectivity index (χ1n) is 29.5. The second-order valence-corrected chi connectivity index (χ2v) is 22.2. The van der Waals surface area contributed by atoms with Crippen molar-refractivity contribution < 1.29 is 133 Å². The van der Waals surface area contributed by atoms with Crippen LogP contribution in [0.3, 0.4) is 0 Å². The predicted molar refractivity (Wildman–Crippen MR) is 297 cm³/mol. The van der Waals surface area contributed by atoms with Gasteiger partial charge in [-0.2, -0.15) is 0 Å². The van der Waals surface area contributed by atoms with E-state index in [2.05, 4.69) is 45.7 Å². The van der Waals surface area contributed by atoms with Crippen molar-refractivity contribution in [1.29, 1.82) is 0 Å². The molecule has 5 aliphatic heterocycles. The maximum absolute atomic E-state index is 13.9. The number of rotatable bonds is 29. The number of aliphatic hydroxyl groups excluding tert-OH is 12. The van der Waals surface area contributed by atoms with Gasteiger partial charge in [0, 0.05) is 33.3 Å². The summed E-state index contributed by atoms with van der Waals surface area (Å²) in [7, 11) is 0. The molecular formula is C56H89N5O27. The van der Waals surface area contributed by atoms with Crippen LogP contribution >= 0.6 is 0 Å². The molecule has 25 atom stereocenters. The number of carbonyl (C=O) groups excluding carboxylic acids is 5. The Balaban J connectivity index is 1.18. The third-order valence-electron chi connectivity index (χ3n) is 15.5. The molecule has 0 spiro atoms. The fourth-order valence-corrected chi connectivity index (χ4v) is 11.1. The van der Waals surface area contributed by atoms with E-state index in [0.717, 1.165) is 53.4 Å². The predicted octanol–water partition coefficient (Wildman–Crippen LogP) is -6.23. The molecular weight excluding hydrogens is 1170 g/mol. The Morgan fingerprint density at radius 1 is 0.455 bits per heavy atom. The lowest BCUT2D eigenvalue weighted by atomic mass is 9.93. The van der Waals surface area contributed by atoms with Gasteiger partial charge in [-0.25, -0.2) is 0 Å². The van der Waals surface area contributed by atoms with E-state index in [0.29, 0.717) is 18.8 Å². The van der Waals surface area contributed by atoms with Gasteiger partial charge in [0.1, 0.15) is 128 Å². The van der Waals surface area contributed by atoms with Crippen LogP contribution in [0.15, 0.2) is 36.4 Å². The smallest absolute Gasteiger partial charge is 0.251 e. The molecule has 32 nitrogen and oxygen atoms in total. The molecule has 17 N–H and O–H groups in total. The Labute approximate surface area is 507 Å². The van der Waals surface area contributed by atoms with Gasteiger partial charge in [0.2, 0.25) is 23.6 Å². The number of benzene rings is 1. The van der Waals surface area contributed by atoms with Crippen molar-refractivity contribution in [1.82, 2.24) is 26.6 Å². The van der Waals surface area contributed by atoms with Gasteiger partial charge in [-0.05, 0) is 43.9 Å². The monoisotopic (exact) mass is 1260 g/mol. The minimum atomic E-state index is -2.03. The van der Waals surface area contributed by atoms with Crippen LogP contribution in [0.1, 0.15) is 89.9 Å². The third-order valence-corrected chi connectivity index (χ3v) is 15.5. The molecule has 6 rings (SSSR count). The maximum Gasteiger partial charge on any atom is 0.251 e. The van der Waals surface area contributed by atoms with Crippen LogP contribution in [-0.4, -0.2) is 284 Å². The van der Waals surface area contributed by atoms with E-state index in [1.165, 1.54) is 25.0 Å². The topological polar surface area (TPSA) is 481 Å². The molecule has 13 unspecified atom stereocenters. The average Bonchev–Trinajstić information content (AvgIpc) is 1.44. The third kappa shape index (κ3) is 18.7. The number of ether oxygens (including phenoxy) is 10. The maximum atomic E-state index is 13.9. The SMILES string of the molecule is CCCCCC/C=C\CCCOc1cccc(C(=O)N[C@H]2C(O[C@H]3C(O)C(NC(C)=O)C(OC4C(CO)O[C@@H](O[C@H]5C(O)C(NC(C)=O)C(OC6C(CO)OC(O)[C@H](NC(C)=O)[C@H]6O)O[C@@H]5CO)[C@H](NC(C)=O)[C@H]4O)O[C@@H]3CO)OC(CO)[C@H](O)[C@@H]2O)c1. The van der Waals surface area contributed by atoms with E-state index >= 15 is 0 Å². The van der Waals surface area contributed by atoms with Crippen LogP contribution in [0.25, 0.3) is 0 Å². The van der Waals surface area contributed by atoms with E-state index in [4.69, 9.17) is 47.4 Å². The van der Waals surface area contributed by atoms with E-state index in [-0.39, 0.29) is 5.56 Å². The van der Waals surface area contributed by atoms with Crippen molar-refractivity contribution in [2.45, 2.75) is 233 Å². The number of aliphatic hydroxyl groups is 12. The second kappa shape index (κ2) is 34.6. The summed E-state index contributed by atoms with van der Waals surface area (Å²) in [4.78, 5) is 64.1. The van der Waals surface area contributed by atoms with E-state index < -0.39 is 216 Å². The first-order valence-corrected chi connectivity index (χ1v) is 29.5. The molecule has 0 bridgehead atoms.